The van der Waals surface area contributed by atoms with E-state index in [9.17, 15) is 39.0 Å². The van der Waals surface area contributed by atoms with Crippen LogP contribution in [0.25, 0.3) is 0 Å². The van der Waals surface area contributed by atoms with E-state index in [4.69, 9.17) is 11.5 Å². The number of nitrogens with one attached hydrogen (secondary N) is 4. The normalized spacial score (nSPS) is 16.0. The van der Waals surface area contributed by atoms with E-state index in [1.807, 2.05) is 13.8 Å². The second-order valence-corrected chi connectivity index (χ2v) is 11.2. The van der Waals surface area contributed by atoms with Crippen molar-refractivity contribution >= 4 is 35.5 Å². The molecular formula is C29H46N6O8. The standard InChI is InChI=1S/C29H46N6O8/c1-6-16(4)23(28(41)35-24(17(5)36)29(42)43)34-27(40)20(12-15(2)3)33-26(39)21(13-18-10-8-7-9-11-18)32-25(38)19(30)14-22(31)37/h7-11,15-17,19-21,23-24,36H,6,12-14,30H2,1-5H3,(H2,31,37)(H,32,38)(H,33,39)(H,34,40)(H,35,41)(H,42,43). The molecule has 0 heterocycles. The highest BCUT2D eigenvalue weighted by Crippen LogP contribution is 2.12. The van der Waals surface area contributed by atoms with Crippen molar-refractivity contribution in [1.82, 2.24) is 21.3 Å². The predicted molar refractivity (Wildman–Crippen MR) is 158 cm³/mol. The summed E-state index contributed by atoms with van der Waals surface area (Å²) < 4.78 is 0. The van der Waals surface area contributed by atoms with Crippen molar-refractivity contribution in [2.45, 2.75) is 96.6 Å². The van der Waals surface area contributed by atoms with Gasteiger partial charge >= 0.3 is 5.97 Å². The van der Waals surface area contributed by atoms with Gasteiger partial charge in [-0.05, 0) is 30.7 Å². The third kappa shape index (κ3) is 12.8. The Bertz CT molecular complexity index is 1110. The van der Waals surface area contributed by atoms with E-state index in [1.165, 1.54) is 6.92 Å². The molecule has 14 heteroatoms. The molecule has 14 nitrogen and oxygen atoms in total. The van der Waals surface area contributed by atoms with Gasteiger partial charge in [0.15, 0.2) is 6.04 Å². The number of benzene rings is 1. The minimum absolute atomic E-state index is 0.0472. The number of carbonyl (C=O) groups is 6. The molecule has 0 radical (unpaired) electrons. The SMILES string of the molecule is CCC(C)C(NC(=O)C(CC(C)C)NC(=O)C(Cc1ccccc1)NC(=O)C(N)CC(N)=O)C(=O)NC(C(=O)O)C(C)O. The summed E-state index contributed by atoms with van der Waals surface area (Å²) in [4.78, 5) is 75.5. The van der Waals surface area contributed by atoms with Gasteiger partial charge in [-0.25, -0.2) is 4.79 Å². The first-order valence-electron chi connectivity index (χ1n) is 14.3. The van der Waals surface area contributed by atoms with Crippen LogP contribution >= 0.6 is 0 Å². The minimum Gasteiger partial charge on any atom is -0.480 e. The summed E-state index contributed by atoms with van der Waals surface area (Å²) in [6, 6.07) is 2.44. The van der Waals surface area contributed by atoms with Crippen molar-refractivity contribution in [1.29, 1.82) is 0 Å². The zero-order valence-electron chi connectivity index (χ0n) is 25.3. The molecule has 0 saturated heterocycles. The van der Waals surface area contributed by atoms with Crippen LogP contribution in [0.2, 0.25) is 0 Å². The molecule has 1 aromatic rings. The van der Waals surface area contributed by atoms with Crippen LogP contribution in [0.3, 0.4) is 0 Å². The number of aliphatic hydroxyl groups excluding tert-OH is 1. The van der Waals surface area contributed by atoms with Crippen LogP contribution in [0.5, 0.6) is 0 Å². The summed E-state index contributed by atoms with van der Waals surface area (Å²) in [5, 5.41) is 29.3. The quantitative estimate of drug-likeness (QED) is 0.101. The van der Waals surface area contributed by atoms with Gasteiger partial charge < -0.3 is 42.9 Å². The largest absolute Gasteiger partial charge is 0.480 e. The van der Waals surface area contributed by atoms with E-state index in [2.05, 4.69) is 21.3 Å². The van der Waals surface area contributed by atoms with Crippen molar-refractivity contribution in [2.24, 2.45) is 23.3 Å². The van der Waals surface area contributed by atoms with E-state index < -0.39 is 84.2 Å². The Morgan fingerprint density at radius 1 is 0.791 bits per heavy atom. The van der Waals surface area contributed by atoms with Gasteiger partial charge in [0.2, 0.25) is 29.5 Å². The number of rotatable bonds is 18. The van der Waals surface area contributed by atoms with Gasteiger partial charge in [0, 0.05) is 6.42 Å². The molecule has 240 valence electrons. The maximum atomic E-state index is 13.5. The molecule has 0 spiro atoms. The maximum absolute atomic E-state index is 13.5. The predicted octanol–water partition coefficient (Wildman–Crippen LogP) is -1.07. The second-order valence-electron chi connectivity index (χ2n) is 11.2. The molecule has 0 bridgehead atoms. The van der Waals surface area contributed by atoms with Gasteiger partial charge in [-0.3, -0.25) is 24.0 Å². The molecule has 43 heavy (non-hydrogen) atoms. The fourth-order valence-electron chi connectivity index (χ4n) is 4.21. The topological polar surface area (TPSA) is 243 Å². The van der Waals surface area contributed by atoms with Crippen LogP contribution < -0.4 is 32.7 Å². The number of hydrogen-bond donors (Lipinski definition) is 8. The van der Waals surface area contributed by atoms with Crippen molar-refractivity contribution < 1.29 is 39.0 Å². The Morgan fingerprint density at radius 2 is 1.33 bits per heavy atom. The van der Waals surface area contributed by atoms with Gasteiger partial charge in [0.25, 0.3) is 0 Å². The number of hydrogen-bond acceptors (Lipinski definition) is 8. The molecule has 0 aliphatic heterocycles. The fourth-order valence-corrected chi connectivity index (χ4v) is 4.21. The molecule has 5 amide bonds. The van der Waals surface area contributed by atoms with Crippen molar-refractivity contribution in [3.63, 3.8) is 0 Å². The van der Waals surface area contributed by atoms with E-state index in [0.717, 1.165) is 0 Å². The first kappa shape index (κ1) is 37.0. The third-order valence-electron chi connectivity index (χ3n) is 6.85. The fraction of sp³-hybridized carbons (Fsp3) is 0.586. The summed E-state index contributed by atoms with van der Waals surface area (Å²) in [5.74, 6) is -5.71. The maximum Gasteiger partial charge on any atom is 0.328 e. The highest BCUT2D eigenvalue weighted by molar-refractivity contribution is 5.96. The number of aliphatic hydroxyl groups is 1. The molecular weight excluding hydrogens is 560 g/mol. The summed E-state index contributed by atoms with van der Waals surface area (Å²) in [6.07, 6.45) is -1.16. The van der Waals surface area contributed by atoms with Crippen LogP contribution in [0, 0.1) is 11.8 Å². The summed E-state index contributed by atoms with van der Waals surface area (Å²) in [7, 11) is 0. The monoisotopic (exact) mass is 606 g/mol. The average Bonchev–Trinajstić information content (AvgIpc) is 2.92. The molecule has 7 atom stereocenters. The Balaban J connectivity index is 3.24. The van der Waals surface area contributed by atoms with E-state index in [1.54, 1.807) is 44.2 Å². The Labute approximate surface area is 251 Å². The van der Waals surface area contributed by atoms with Crippen molar-refractivity contribution in [3.8, 4) is 0 Å². The van der Waals surface area contributed by atoms with Crippen LogP contribution in [0.1, 0.15) is 59.4 Å². The molecule has 0 aliphatic rings. The zero-order valence-corrected chi connectivity index (χ0v) is 25.3. The minimum atomic E-state index is -1.59. The molecule has 1 aromatic carbocycles. The number of primary amides is 1. The highest BCUT2D eigenvalue weighted by atomic mass is 16.4. The second kappa shape index (κ2) is 17.8. The number of carbonyl (C=O) groups excluding carboxylic acids is 5. The van der Waals surface area contributed by atoms with Gasteiger partial charge in [-0.2, -0.15) is 0 Å². The Morgan fingerprint density at radius 3 is 1.81 bits per heavy atom. The smallest absolute Gasteiger partial charge is 0.328 e. The van der Waals surface area contributed by atoms with E-state index >= 15 is 0 Å². The molecule has 10 N–H and O–H groups in total. The molecule has 0 aromatic heterocycles. The zero-order chi connectivity index (χ0) is 32.9. The lowest BCUT2D eigenvalue weighted by molar-refractivity contribution is -0.145. The van der Waals surface area contributed by atoms with Gasteiger partial charge in [-0.15, -0.1) is 0 Å². The number of amides is 5. The average molecular weight is 607 g/mol. The molecule has 0 saturated carbocycles. The Kier molecular flexibility index (Phi) is 15.3. The molecule has 0 fully saturated rings. The summed E-state index contributed by atoms with van der Waals surface area (Å²) in [5.41, 5.74) is 11.6. The molecule has 1 rings (SSSR count). The van der Waals surface area contributed by atoms with Gasteiger partial charge in [0.05, 0.1) is 18.6 Å². The lowest BCUT2D eigenvalue weighted by Gasteiger charge is -2.29. The highest BCUT2D eigenvalue weighted by Gasteiger charge is 2.35. The van der Waals surface area contributed by atoms with Crippen molar-refractivity contribution in [2.75, 3.05) is 0 Å². The lowest BCUT2D eigenvalue weighted by atomic mass is 9.96. The van der Waals surface area contributed by atoms with Crippen LogP contribution in [0.15, 0.2) is 30.3 Å². The number of carboxylic acids is 1. The molecule has 0 aliphatic carbocycles. The third-order valence-corrected chi connectivity index (χ3v) is 6.85. The van der Waals surface area contributed by atoms with Gasteiger partial charge in [-0.1, -0.05) is 64.4 Å². The number of carboxylic acid groups (broad SMARTS) is 1. The van der Waals surface area contributed by atoms with Gasteiger partial charge in [0.1, 0.15) is 18.1 Å². The summed E-state index contributed by atoms with van der Waals surface area (Å²) in [6.45, 7) is 8.36. The lowest BCUT2D eigenvalue weighted by Crippen LogP contribution is -2.60. The number of aliphatic carboxylic acids is 1. The van der Waals surface area contributed by atoms with Crippen LogP contribution in [-0.2, 0) is 35.2 Å². The Hall–Kier alpha value is -4.04. The van der Waals surface area contributed by atoms with Crippen LogP contribution in [0.4, 0.5) is 0 Å². The van der Waals surface area contributed by atoms with Crippen LogP contribution in [-0.4, -0.2) is 82.0 Å². The molecule has 7 unspecified atom stereocenters. The summed E-state index contributed by atoms with van der Waals surface area (Å²) >= 11 is 0. The number of nitrogens with two attached hydrogens (primary N) is 2. The first-order chi connectivity index (χ1) is 20.1. The first-order valence-corrected chi connectivity index (χ1v) is 14.3. The van der Waals surface area contributed by atoms with Crippen molar-refractivity contribution in [3.05, 3.63) is 35.9 Å². The van der Waals surface area contributed by atoms with E-state index in [0.29, 0.717) is 12.0 Å². The van der Waals surface area contributed by atoms with E-state index in [-0.39, 0.29) is 18.8 Å².